The van der Waals surface area contributed by atoms with E-state index in [1.807, 2.05) is 0 Å². The smallest absolute Gasteiger partial charge is 0.426 e. The molecule has 0 spiro atoms. The van der Waals surface area contributed by atoms with Crippen LogP contribution in [0.2, 0.25) is 0 Å². The molecule has 1 aromatic rings. The predicted octanol–water partition coefficient (Wildman–Crippen LogP) is -1.20. The van der Waals surface area contributed by atoms with E-state index >= 15 is 0 Å². The molecule has 0 fully saturated rings. The molecular formula is C6H8N4O4S. The van der Waals surface area contributed by atoms with E-state index in [9.17, 15) is 13.2 Å². The van der Waals surface area contributed by atoms with Gasteiger partial charge in [-0.05, 0) is 0 Å². The van der Waals surface area contributed by atoms with Gasteiger partial charge in [-0.15, -0.1) is 0 Å². The van der Waals surface area contributed by atoms with Gasteiger partial charge in [-0.3, -0.25) is 0 Å². The number of nitrogen functional groups attached to an aromatic ring is 1. The Kier molecular flexibility index (Phi) is 3.29. The molecule has 0 bridgehead atoms. The lowest BCUT2D eigenvalue weighted by Crippen LogP contribution is -2.25. The number of amides is 1. The maximum atomic E-state index is 10.9. The van der Waals surface area contributed by atoms with Crippen molar-refractivity contribution in [3.05, 3.63) is 12.0 Å². The summed E-state index contributed by atoms with van der Waals surface area (Å²) >= 11 is 0. The molecule has 15 heavy (non-hydrogen) atoms. The first-order valence-corrected chi connectivity index (χ1v) is 4.79. The molecular weight excluding hydrogens is 224 g/mol. The van der Waals surface area contributed by atoms with E-state index in [-0.39, 0.29) is 11.6 Å². The molecule has 1 aromatic heterocycles. The molecule has 1 heterocycles. The number of rotatable bonds is 2. The molecule has 0 saturated heterocycles. The average Bonchev–Trinajstić information content (AvgIpc) is 2.49. The third kappa shape index (κ3) is 2.71. The summed E-state index contributed by atoms with van der Waals surface area (Å²) in [5.41, 5.74) is 7.61. The minimum absolute atomic E-state index is 0.0220. The summed E-state index contributed by atoms with van der Waals surface area (Å²) < 4.78 is 26.1. The number of ether oxygens (including phenoxy) is 1. The van der Waals surface area contributed by atoms with Gasteiger partial charge in [0.1, 0.15) is 11.2 Å². The summed E-state index contributed by atoms with van der Waals surface area (Å²) in [5.74, 6) is 0.0586. The Morgan fingerprint density at radius 3 is 2.93 bits per heavy atom. The molecule has 1 rings (SSSR count). The molecule has 0 saturated carbocycles. The monoisotopic (exact) mass is 232 g/mol. The van der Waals surface area contributed by atoms with Gasteiger partial charge in [0, 0.05) is 0 Å². The van der Waals surface area contributed by atoms with Gasteiger partial charge in [0.15, 0.2) is 5.82 Å². The van der Waals surface area contributed by atoms with Gasteiger partial charge >= 0.3 is 6.09 Å². The largest absolute Gasteiger partial charge is 0.452 e. The number of nitrogens with one attached hydrogen (secondary N) is 1. The summed E-state index contributed by atoms with van der Waals surface area (Å²) in [4.78, 5) is 14.5. The Morgan fingerprint density at radius 2 is 2.40 bits per heavy atom. The van der Waals surface area contributed by atoms with Crippen molar-refractivity contribution in [1.29, 1.82) is 0 Å². The van der Waals surface area contributed by atoms with Crippen LogP contribution in [0.5, 0.6) is 0 Å². The van der Waals surface area contributed by atoms with Crippen LogP contribution in [0, 0.1) is 0 Å². The fourth-order valence-corrected chi connectivity index (χ4v) is 1.15. The van der Waals surface area contributed by atoms with E-state index in [1.54, 1.807) is 0 Å². The number of nitrogens with zero attached hydrogens (tertiary/aromatic N) is 2. The molecule has 0 aliphatic heterocycles. The van der Waals surface area contributed by atoms with E-state index < -0.39 is 16.4 Å². The highest BCUT2D eigenvalue weighted by Crippen LogP contribution is 2.02. The zero-order valence-corrected chi connectivity index (χ0v) is 8.48. The van der Waals surface area contributed by atoms with Crippen molar-refractivity contribution in [1.82, 2.24) is 9.66 Å². The fraction of sp³-hybridized carbons (Fsp3) is 0.167. The first-order chi connectivity index (χ1) is 7.04. The van der Waals surface area contributed by atoms with E-state index in [0.29, 0.717) is 0 Å². The lowest BCUT2D eigenvalue weighted by Gasteiger charge is -2.06. The molecule has 3 N–H and O–H groups in total. The number of anilines is 1. The number of carbonyl (C=O) groups excluding carboxylic acids is 1. The number of methoxy groups -OCH3 is 1. The second-order valence-corrected chi connectivity index (χ2v) is 3.12. The van der Waals surface area contributed by atoms with Gasteiger partial charge < -0.3 is 10.5 Å². The number of hydrogen-bond acceptors (Lipinski definition) is 6. The van der Waals surface area contributed by atoms with Crippen molar-refractivity contribution in [2.75, 3.05) is 18.3 Å². The minimum atomic E-state index is -2.44. The molecule has 0 aliphatic rings. The minimum Gasteiger partial charge on any atom is -0.452 e. The topological polar surface area (TPSA) is 116 Å². The SMILES string of the molecule is COC(=O)Nn1c(N)cnc1C=S(=O)=O. The Balaban J connectivity index is 3.10. The lowest BCUT2D eigenvalue weighted by atomic mass is 10.7. The standard InChI is InChI=1S/C6H8N4O4S/c1-14-6(11)9-10-4(7)2-8-5(10)3-15(12)13/h2-3H,7H2,1H3,(H,9,11). The number of hydrogen-bond donors (Lipinski definition) is 2. The Labute approximate surface area is 86.2 Å². The number of imidazole rings is 1. The molecule has 0 aliphatic carbocycles. The van der Waals surface area contributed by atoms with E-state index in [0.717, 1.165) is 17.2 Å². The van der Waals surface area contributed by atoms with Crippen molar-refractivity contribution >= 4 is 27.6 Å². The van der Waals surface area contributed by atoms with Crippen molar-refractivity contribution in [2.24, 2.45) is 0 Å². The molecule has 0 aromatic carbocycles. The van der Waals surface area contributed by atoms with Crippen molar-refractivity contribution < 1.29 is 17.9 Å². The molecule has 0 unspecified atom stereocenters. The third-order valence-electron chi connectivity index (χ3n) is 1.41. The first kappa shape index (κ1) is 11.0. The second-order valence-electron chi connectivity index (χ2n) is 2.36. The molecule has 1 amide bonds. The van der Waals surface area contributed by atoms with Gasteiger partial charge in [0.05, 0.1) is 13.3 Å². The molecule has 0 atom stereocenters. The summed E-state index contributed by atoms with van der Waals surface area (Å²) in [5, 5.41) is 0.798. The summed E-state index contributed by atoms with van der Waals surface area (Å²) in [6, 6.07) is 0. The number of aromatic nitrogens is 2. The quantitative estimate of drug-likeness (QED) is 0.619. The lowest BCUT2D eigenvalue weighted by molar-refractivity contribution is 0.183. The van der Waals surface area contributed by atoms with Gasteiger partial charge in [-0.1, -0.05) is 0 Å². The second kappa shape index (κ2) is 4.46. The average molecular weight is 232 g/mol. The number of carbonyl (C=O) groups is 1. The van der Waals surface area contributed by atoms with Crippen LogP contribution in [-0.4, -0.2) is 36.6 Å². The van der Waals surface area contributed by atoms with Crippen LogP contribution in [0.15, 0.2) is 6.20 Å². The molecule has 82 valence electrons. The third-order valence-corrected chi connectivity index (χ3v) is 1.81. The Hall–Kier alpha value is -2.03. The van der Waals surface area contributed by atoms with Gasteiger partial charge in [-0.25, -0.2) is 19.9 Å². The van der Waals surface area contributed by atoms with Gasteiger partial charge in [-0.2, -0.15) is 8.42 Å². The van der Waals surface area contributed by atoms with Gasteiger partial charge in [0.2, 0.25) is 10.3 Å². The molecule has 0 radical (unpaired) electrons. The van der Waals surface area contributed by atoms with E-state index in [4.69, 9.17) is 5.73 Å². The van der Waals surface area contributed by atoms with Crippen LogP contribution in [0.1, 0.15) is 5.82 Å². The fourth-order valence-electron chi connectivity index (χ4n) is 0.808. The summed E-state index contributed by atoms with van der Waals surface area (Å²) in [6.45, 7) is 0. The highest BCUT2D eigenvalue weighted by Gasteiger charge is 2.08. The summed E-state index contributed by atoms with van der Waals surface area (Å²) in [7, 11) is -1.27. The van der Waals surface area contributed by atoms with Crippen LogP contribution in [-0.2, 0) is 15.0 Å². The van der Waals surface area contributed by atoms with E-state index in [2.05, 4.69) is 15.1 Å². The number of nitrogens with two attached hydrogens (primary N) is 1. The Bertz CT molecular complexity index is 495. The zero-order chi connectivity index (χ0) is 11.4. The van der Waals surface area contributed by atoms with Crippen LogP contribution >= 0.6 is 0 Å². The van der Waals surface area contributed by atoms with Crippen LogP contribution in [0.4, 0.5) is 10.6 Å². The van der Waals surface area contributed by atoms with Crippen molar-refractivity contribution in [3.63, 3.8) is 0 Å². The molecule has 9 heteroatoms. The highest BCUT2D eigenvalue weighted by atomic mass is 32.2. The molecule has 8 nitrogen and oxygen atoms in total. The first-order valence-electron chi connectivity index (χ1n) is 3.65. The maximum Gasteiger partial charge on any atom is 0.426 e. The van der Waals surface area contributed by atoms with Crippen LogP contribution in [0.3, 0.4) is 0 Å². The zero-order valence-electron chi connectivity index (χ0n) is 7.67. The summed E-state index contributed by atoms with van der Waals surface area (Å²) in [6.07, 6.45) is 0.417. The normalized spacial score (nSPS) is 9.40. The van der Waals surface area contributed by atoms with E-state index in [1.165, 1.54) is 6.20 Å². The van der Waals surface area contributed by atoms with Crippen LogP contribution in [0.25, 0.3) is 0 Å². The Morgan fingerprint density at radius 1 is 1.73 bits per heavy atom. The van der Waals surface area contributed by atoms with Gasteiger partial charge in [0.25, 0.3) is 0 Å². The van der Waals surface area contributed by atoms with Crippen molar-refractivity contribution in [2.45, 2.75) is 0 Å². The van der Waals surface area contributed by atoms with Crippen molar-refractivity contribution in [3.8, 4) is 0 Å². The highest BCUT2D eigenvalue weighted by molar-refractivity contribution is 7.71. The predicted molar refractivity (Wildman–Crippen MR) is 52.5 cm³/mol. The maximum absolute atomic E-state index is 10.9. The van der Waals surface area contributed by atoms with Crippen LogP contribution < -0.4 is 11.2 Å².